The maximum absolute atomic E-state index is 13.2. The molecule has 0 aromatic heterocycles. The van der Waals surface area contributed by atoms with Crippen molar-refractivity contribution in [3.63, 3.8) is 0 Å². The van der Waals surface area contributed by atoms with Crippen LogP contribution in [0.4, 0.5) is 10.5 Å². The Bertz CT molecular complexity index is 1190. The van der Waals surface area contributed by atoms with Gasteiger partial charge in [0, 0.05) is 25.2 Å². The van der Waals surface area contributed by atoms with E-state index in [1.807, 2.05) is 48.5 Å². The Hall–Kier alpha value is -3.06. The van der Waals surface area contributed by atoms with Crippen LogP contribution in [-0.2, 0) is 29.7 Å². The van der Waals surface area contributed by atoms with Crippen LogP contribution in [0.5, 0.6) is 0 Å². The zero-order chi connectivity index (χ0) is 26.3. The van der Waals surface area contributed by atoms with Crippen molar-refractivity contribution in [3.8, 4) is 0 Å². The molecule has 1 atom stereocenters. The zero-order valence-corrected chi connectivity index (χ0v) is 22.2. The molecule has 3 rings (SSSR count). The van der Waals surface area contributed by atoms with Crippen molar-refractivity contribution in [2.24, 2.45) is 5.73 Å². The summed E-state index contributed by atoms with van der Waals surface area (Å²) in [6.07, 6.45) is 0.316. The van der Waals surface area contributed by atoms with Gasteiger partial charge in [-0.05, 0) is 51.9 Å². The van der Waals surface area contributed by atoms with Crippen LogP contribution < -0.4 is 21.7 Å². The third-order valence-electron chi connectivity index (χ3n) is 5.78. The first-order valence-corrected chi connectivity index (χ1v) is 12.5. The molecule has 190 valence electrons. The first-order valence-electron chi connectivity index (χ1n) is 11.7. The Morgan fingerprint density at radius 2 is 1.47 bits per heavy atom. The Kier molecular flexibility index (Phi) is 9.37. The van der Waals surface area contributed by atoms with Crippen LogP contribution in [0.25, 0.3) is 0 Å². The van der Waals surface area contributed by atoms with Crippen LogP contribution in [0.3, 0.4) is 0 Å². The van der Waals surface area contributed by atoms with Crippen LogP contribution in [0, 0.1) is 0 Å². The molecule has 0 spiro atoms. The fraction of sp³-hybridized carbons (Fsp3) is 0.286. The van der Waals surface area contributed by atoms with Crippen molar-refractivity contribution in [2.45, 2.75) is 51.7 Å². The third kappa shape index (κ3) is 7.98. The van der Waals surface area contributed by atoms with Crippen LogP contribution in [0.1, 0.15) is 43.0 Å². The van der Waals surface area contributed by atoms with Gasteiger partial charge in [0.05, 0.1) is 10.0 Å². The Morgan fingerprint density at radius 1 is 0.861 bits per heavy atom. The van der Waals surface area contributed by atoms with E-state index in [0.717, 1.165) is 22.3 Å². The number of hydrogen-bond acceptors (Lipinski definition) is 3. The monoisotopic (exact) mass is 526 g/mol. The molecule has 36 heavy (non-hydrogen) atoms. The predicted octanol–water partition coefficient (Wildman–Crippen LogP) is 5.80. The van der Waals surface area contributed by atoms with E-state index in [-0.39, 0.29) is 17.9 Å². The summed E-state index contributed by atoms with van der Waals surface area (Å²) in [5.41, 5.74) is 10.2. The molecular formula is C28H32Cl2N4O2. The van der Waals surface area contributed by atoms with Crippen LogP contribution >= 0.6 is 23.2 Å². The normalized spacial score (nSPS) is 12.1. The van der Waals surface area contributed by atoms with Crippen molar-refractivity contribution >= 4 is 40.8 Å². The molecule has 0 aliphatic rings. The highest BCUT2D eigenvalue weighted by atomic mass is 35.5. The van der Waals surface area contributed by atoms with E-state index in [1.165, 1.54) is 0 Å². The van der Waals surface area contributed by atoms with Crippen molar-refractivity contribution in [1.29, 1.82) is 0 Å². The van der Waals surface area contributed by atoms with Gasteiger partial charge in [0.15, 0.2) is 0 Å². The Morgan fingerprint density at radius 3 is 2.06 bits per heavy atom. The van der Waals surface area contributed by atoms with E-state index in [4.69, 9.17) is 28.9 Å². The summed E-state index contributed by atoms with van der Waals surface area (Å²) in [6, 6.07) is 19.3. The summed E-state index contributed by atoms with van der Waals surface area (Å²) >= 11 is 12.0. The van der Waals surface area contributed by atoms with E-state index in [1.54, 1.807) is 18.2 Å². The molecule has 0 radical (unpaired) electrons. The second kappa shape index (κ2) is 12.3. The molecular weight excluding hydrogens is 495 g/mol. The number of hydrogen-bond donors (Lipinski definition) is 4. The minimum absolute atomic E-state index is 0.00866. The lowest BCUT2D eigenvalue weighted by Crippen LogP contribution is -2.49. The maximum Gasteiger partial charge on any atom is 0.315 e. The number of halogens is 2. The highest BCUT2D eigenvalue weighted by Crippen LogP contribution is 2.24. The number of amides is 3. The lowest BCUT2D eigenvalue weighted by atomic mass is 9.87. The number of nitrogens with two attached hydrogens (primary N) is 1. The quantitative estimate of drug-likeness (QED) is 0.298. The standard InChI is InChI=1S/C28H32Cl2N4O2/c1-28(2,3)21-9-11-22(12-10-21)33-26(35)25(15-18-4-6-19(16-31)7-5-18)34-27(36)32-17-20-8-13-23(29)24(30)14-20/h4-14,25H,15-17,31H2,1-3H3,(H,33,35)(H2,32,34,36). The van der Waals surface area contributed by atoms with Gasteiger partial charge in [0.1, 0.15) is 6.04 Å². The van der Waals surface area contributed by atoms with Gasteiger partial charge in [-0.2, -0.15) is 0 Å². The molecule has 0 saturated carbocycles. The molecule has 0 heterocycles. The number of benzene rings is 3. The zero-order valence-electron chi connectivity index (χ0n) is 20.7. The third-order valence-corrected chi connectivity index (χ3v) is 6.51. The van der Waals surface area contributed by atoms with Crippen LogP contribution in [-0.4, -0.2) is 18.0 Å². The van der Waals surface area contributed by atoms with Gasteiger partial charge in [-0.1, -0.05) is 86.4 Å². The molecule has 0 aliphatic heterocycles. The molecule has 3 aromatic rings. The maximum atomic E-state index is 13.2. The first kappa shape index (κ1) is 27.5. The van der Waals surface area contributed by atoms with E-state index in [9.17, 15) is 9.59 Å². The summed E-state index contributed by atoms with van der Waals surface area (Å²) in [6.45, 7) is 7.06. The van der Waals surface area contributed by atoms with E-state index < -0.39 is 12.1 Å². The van der Waals surface area contributed by atoms with Gasteiger partial charge in [-0.15, -0.1) is 0 Å². The lowest BCUT2D eigenvalue weighted by Gasteiger charge is -2.21. The molecule has 0 aliphatic carbocycles. The minimum Gasteiger partial charge on any atom is -0.334 e. The largest absolute Gasteiger partial charge is 0.334 e. The van der Waals surface area contributed by atoms with Crippen LogP contribution in [0.15, 0.2) is 66.7 Å². The first-order chi connectivity index (χ1) is 17.0. The van der Waals surface area contributed by atoms with Gasteiger partial charge < -0.3 is 21.7 Å². The molecule has 3 aromatic carbocycles. The average molecular weight is 527 g/mol. The van der Waals surface area contributed by atoms with E-state index in [0.29, 0.717) is 28.7 Å². The molecule has 0 fully saturated rings. The van der Waals surface area contributed by atoms with E-state index >= 15 is 0 Å². The number of anilines is 1. The van der Waals surface area contributed by atoms with Crippen LogP contribution in [0.2, 0.25) is 10.0 Å². The van der Waals surface area contributed by atoms with Gasteiger partial charge in [0.2, 0.25) is 5.91 Å². The van der Waals surface area contributed by atoms with Crippen molar-refractivity contribution in [1.82, 2.24) is 10.6 Å². The van der Waals surface area contributed by atoms with Gasteiger partial charge in [-0.25, -0.2) is 4.79 Å². The smallest absolute Gasteiger partial charge is 0.315 e. The summed E-state index contributed by atoms with van der Waals surface area (Å²) in [5.74, 6) is -0.314. The predicted molar refractivity (Wildman–Crippen MR) is 147 cm³/mol. The Labute approximate surface area is 222 Å². The summed E-state index contributed by atoms with van der Waals surface area (Å²) in [5, 5.41) is 9.35. The van der Waals surface area contributed by atoms with Crippen molar-refractivity contribution in [2.75, 3.05) is 5.32 Å². The summed E-state index contributed by atoms with van der Waals surface area (Å²) < 4.78 is 0. The number of nitrogens with one attached hydrogen (secondary N) is 3. The van der Waals surface area contributed by atoms with Gasteiger partial charge in [0.25, 0.3) is 0 Å². The van der Waals surface area contributed by atoms with Crippen molar-refractivity contribution < 1.29 is 9.59 Å². The number of urea groups is 1. The molecule has 6 nitrogen and oxygen atoms in total. The summed E-state index contributed by atoms with van der Waals surface area (Å²) in [7, 11) is 0. The fourth-order valence-electron chi connectivity index (χ4n) is 3.58. The number of carbonyl (C=O) groups is 2. The SMILES string of the molecule is CC(C)(C)c1ccc(NC(=O)C(Cc2ccc(CN)cc2)NC(=O)NCc2ccc(Cl)c(Cl)c2)cc1. The topological polar surface area (TPSA) is 96.2 Å². The van der Waals surface area contributed by atoms with E-state index in [2.05, 4.69) is 36.7 Å². The van der Waals surface area contributed by atoms with Gasteiger partial charge in [-0.3, -0.25) is 4.79 Å². The molecule has 0 saturated heterocycles. The minimum atomic E-state index is -0.801. The molecule has 0 bridgehead atoms. The highest BCUT2D eigenvalue weighted by Gasteiger charge is 2.22. The number of rotatable bonds is 8. The molecule has 3 amide bonds. The summed E-state index contributed by atoms with van der Waals surface area (Å²) in [4.78, 5) is 25.9. The Balaban J connectivity index is 1.70. The molecule has 8 heteroatoms. The second-order valence-corrected chi connectivity index (χ2v) is 10.5. The average Bonchev–Trinajstić information content (AvgIpc) is 2.84. The second-order valence-electron chi connectivity index (χ2n) is 9.67. The lowest BCUT2D eigenvalue weighted by molar-refractivity contribution is -0.117. The van der Waals surface area contributed by atoms with Gasteiger partial charge >= 0.3 is 6.03 Å². The number of carbonyl (C=O) groups excluding carboxylic acids is 2. The van der Waals surface area contributed by atoms with Crippen molar-refractivity contribution in [3.05, 3.63) is 99.0 Å². The molecule has 1 unspecified atom stereocenters. The molecule has 5 N–H and O–H groups in total. The highest BCUT2D eigenvalue weighted by molar-refractivity contribution is 6.42. The fourth-order valence-corrected chi connectivity index (χ4v) is 3.90.